The molecule has 0 amide bonds. The molecule has 0 nitrogen and oxygen atoms in total. The van der Waals surface area contributed by atoms with Gasteiger partial charge in [-0.3, -0.25) is 0 Å². The number of rotatable bonds is 3. The summed E-state index contributed by atoms with van der Waals surface area (Å²) in [5, 5.41) is 0. The molecule has 0 rings (SSSR count). The molecule has 0 spiro atoms. The average Bonchev–Trinajstić information content (AvgIpc) is 1.85. The summed E-state index contributed by atoms with van der Waals surface area (Å²) in [5.41, 5.74) is 0.500. The van der Waals surface area contributed by atoms with Crippen LogP contribution in [0.5, 0.6) is 0 Å². The predicted molar refractivity (Wildman–Crippen MR) is 59.5 cm³/mol. The minimum atomic E-state index is 0.500. The highest BCUT2D eigenvalue weighted by Gasteiger charge is 1.95. The van der Waals surface area contributed by atoms with Gasteiger partial charge in [0, 0.05) is 0 Å². The fraction of sp³-hybridized carbons (Fsp3) is 1.00. The molecule has 0 heteroatoms. The number of hydrogen-bond acceptors (Lipinski definition) is 0. The van der Waals surface area contributed by atoms with Crippen LogP contribution in [0.2, 0.25) is 0 Å². The summed E-state index contributed by atoms with van der Waals surface area (Å²) in [5.74, 6) is 0.949. The molecule has 0 radical (unpaired) electrons. The molecule has 0 aliphatic heterocycles. The first-order valence-electron chi connectivity index (χ1n) is 5.31. The lowest BCUT2D eigenvalue weighted by Crippen LogP contribution is -1.93. The van der Waals surface area contributed by atoms with Gasteiger partial charge in [-0.2, -0.15) is 0 Å². The molecule has 1 atom stereocenters. The Morgan fingerprint density at radius 3 is 1.42 bits per heavy atom. The van der Waals surface area contributed by atoms with Crippen LogP contribution in [0.15, 0.2) is 0 Å². The molecule has 0 aliphatic rings. The summed E-state index contributed by atoms with van der Waals surface area (Å²) < 4.78 is 0. The summed E-state index contributed by atoms with van der Waals surface area (Å²) in [4.78, 5) is 0. The fourth-order valence-electron chi connectivity index (χ4n) is 0.697. The Balaban J connectivity index is 0. The van der Waals surface area contributed by atoms with E-state index in [1.807, 2.05) is 0 Å². The fourth-order valence-corrected chi connectivity index (χ4v) is 0.697. The van der Waals surface area contributed by atoms with Crippen LogP contribution in [0.3, 0.4) is 0 Å². The van der Waals surface area contributed by atoms with Crippen LogP contribution in [-0.4, -0.2) is 0 Å². The van der Waals surface area contributed by atoms with Gasteiger partial charge < -0.3 is 0 Å². The van der Waals surface area contributed by atoms with E-state index >= 15 is 0 Å². The van der Waals surface area contributed by atoms with Crippen molar-refractivity contribution in [3.63, 3.8) is 0 Å². The minimum absolute atomic E-state index is 0.500. The third-order valence-corrected chi connectivity index (χ3v) is 1.48. The molecule has 0 heterocycles. The van der Waals surface area contributed by atoms with Crippen molar-refractivity contribution in [2.45, 2.75) is 67.7 Å². The van der Waals surface area contributed by atoms with Gasteiger partial charge in [-0.1, -0.05) is 67.7 Å². The highest BCUT2D eigenvalue weighted by atomic mass is 14.0. The normalized spacial score (nSPS) is 13.2. The molecule has 1 unspecified atom stereocenters. The monoisotopic (exact) mass is 172 g/mol. The Morgan fingerprint density at radius 2 is 1.33 bits per heavy atom. The quantitative estimate of drug-likeness (QED) is 0.569. The van der Waals surface area contributed by atoms with Gasteiger partial charge in [0.05, 0.1) is 0 Å². The molecule has 0 saturated carbocycles. The second-order valence-electron chi connectivity index (χ2n) is 5.30. The van der Waals surface area contributed by atoms with Crippen molar-refractivity contribution in [2.24, 2.45) is 11.3 Å². The van der Waals surface area contributed by atoms with Gasteiger partial charge in [0.25, 0.3) is 0 Å². The lowest BCUT2D eigenvalue weighted by Gasteiger charge is -2.05. The van der Waals surface area contributed by atoms with Gasteiger partial charge in [0.1, 0.15) is 0 Å². The van der Waals surface area contributed by atoms with E-state index in [2.05, 4.69) is 48.5 Å². The first kappa shape index (κ1) is 14.5. The van der Waals surface area contributed by atoms with E-state index in [-0.39, 0.29) is 0 Å². The molecular weight excluding hydrogens is 144 g/mol. The largest absolute Gasteiger partial charge is 0.0654 e. The van der Waals surface area contributed by atoms with E-state index in [0.29, 0.717) is 5.41 Å². The molecule has 0 aromatic rings. The maximum Gasteiger partial charge on any atom is -0.0411 e. The molecule has 0 aromatic heterocycles. The van der Waals surface area contributed by atoms with Crippen LogP contribution in [-0.2, 0) is 0 Å². The zero-order chi connectivity index (χ0) is 10.2. The summed E-state index contributed by atoms with van der Waals surface area (Å²) in [7, 11) is 0. The molecule has 0 saturated heterocycles. The van der Waals surface area contributed by atoms with Crippen LogP contribution >= 0.6 is 0 Å². The van der Waals surface area contributed by atoms with Gasteiger partial charge in [0.15, 0.2) is 0 Å². The molecule has 76 valence electrons. The van der Waals surface area contributed by atoms with Crippen molar-refractivity contribution in [3.05, 3.63) is 0 Å². The predicted octanol–water partition coefficient (Wildman–Crippen LogP) is 4.89. The van der Waals surface area contributed by atoms with Gasteiger partial charge in [-0.25, -0.2) is 0 Å². The molecule has 0 N–H and O–H groups in total. The zero-order valence-electron chi connectivity index (χ0n) is 10.2. The van der Waals surface area contributed by atoms with Crippen LogP contribution in [0.1, 0.15) is 67.7 Å². The second-order valence-corrected chi connectivity index (χ2v) is 5.30. The summed E-state index contributed by atoms with van der Waals surface area (Å²) >= 11 is 0. The third kappa shape index (κ3) is 32.4. The van der Waals surface area contributed by atoms with Crippen molar-refractivity contribution in [1.82, 2.24) is 0 Å². The van der Waals surface area contributed by atoms with Gasteiger partial charge in [-0.05, 0) is 11.3 Å². The minimum Gasteiger partial charge on any atom is -0.0654 e. The van der Waals surface area contributed by atoms with E-state index in [1.54, 1.807) is 0 Å². The molecule has 0 bridgehead atoms. The van der Waals surface area contributed by atoms with Crippen LogP contribution in [0, 0.1) is 11.3 Å². The Kier molecular flexibility index (Phi) is 9.24. The smallest absolute Gasteiger partial charge is 0.0411 e. The van der Waals surface area contributed by atoms with E-state index in [4.69, 9.17) is 0 Å². The summed E-state index contributed by atoms with van der Waals surface area (Å²) in [6, 6.07) is 0. The Bertz CT molecular complexity index is 70.5. The van der Waals surface area contributed by atoms with E-state index in [0.717, 1.165) is 5.92 Å². The molecule has 0 fully saturated rings. The van der Waals surface area contributed by atoms with Crippen molar-refractivity contribution in [1.29, 1.82) is 0 Å². The molecule has 12 heavy (non-hydrogen) atoms. The summed E-state index contributed by atoms with van der Waals surface area (Å²) in [6.45, 7) is 15.6. The van der Waals surface area contributed by atoms with Crippen molar-refractivity contribution >= 4 is 0 Å². The Hall–Kier alpha value is 0. The number of hydrogen-bond donors (Lipinski definition) is 0. The second kappa shape index (κ2) is 7.64. The molecular formula is C12H28. The first-order valence-corrected chi connectivity index (χ1v) is 5.31. The lowest BCUT2D eigenvalue weighted by molar-refractivity contribution is 0.469. The van der Waals surface area contributed by atoms with E-state index in [9.17, 15) is 0 Å². The van der Waals surface area contributed by atoms with Crippen molar-refractivity contribution in [2.75, 3.05) is 0 Å². The van der Waals surface area contributed by atoms with E-state index in [1.165, 1.54) is 19.3 Å². The Labute approximate surface area is 79.8 Å². The zero-order valence-corrected chi connectivity index (χ0v) is 10.2. The maximum absolute atomic E-state index is 2.31. The Morgan fingerprint density at radius 1 is 1.00 bits per heavy atom. The average molecular weight is 172 g/mol. The van der Waals surface area contributed by atoms with Crippen molar-refractivity contribution < 1.29 is 0 Å². The topological polar surface area (TPSA) is 0 Å². The molecule has 0 aromatic carbocycles. The lowest BCUT2D eigenvalue weighted by atomic mass is 10.0. The SMILES string of the molecule is CC(C)(C)C.CCCC(C)CC. The first-order chi connectivity index (χ1) is 5.31. The van der Waals surface area contributed by atoms with Gasteiger partial charge in [-0.15, -0.1) is 0 Å². The highest BCUT2D eigenvalue weighted by Crippen LogP contribution is 2.08. The van der Waals surface area contributed by atoms with Gasteiger partial charge >= 0.3 is 0 Å². The van der Waals surface area contributed by atoms with E-state index < -0.39 is 0 Å². The molecule has 0 aliphatic carbocycles. The maximum atomic E-state index is 2.31. The standard InChI is InChI=1S/C7H16.C5H12/c1-4-6-7(3)5-2;1-5(2,3)4/h7H,4-6H2,1-3H3;1-4H3. The van der Waals surface area contributed by atoms with Crippen LogP contribution < -0.4 is 0 Å². The third-order valence-electron chi connectivity index (χ3n) is 1.48. The van der Waals surface area contributed by atoms with Gasteiger partial charge in [0.2, 0.25) is 0 Å². The van der Waals surface area contributed by atoms with Crippen LogP contribution in [0.25, 0.3) is 0 Å². The van der Waals surface area contributed by atoms with Crippen LogP contribution in [0.4, 0.5) is 0 Å². The van der Waals surface area contributed by atoms with Crippen molar-refractivity contribution in [3.8, 4) is 0 Å². The summed E-state index contributed by atoms with van der Waals surface area (Å²) in [6.07, 6.45) is 4.08. The highest BCUT2D eigenvalue weighted by molar-refractivity contribution is 4.47.